The maximum absolute atomic E-state index is 13.1. The molecule has 0 saturated heterocycles. The van der Waals surface area contributed by atoms with Crippen LogP contribution in [0.3, 0.4) is 0 Å². The highest BCUT2D eigenvalue weighted by Gasteiger charge is 2.31. The number of benzene rings is 3. The summed E-state index contributed by atoms with van der Waals surface area (Å²) >= 11 is 6.51. The van der Waals surface area contributed by atoms with Gasteiger partial charge < -0.3 is 4.90 Å². The summed E-state index contributed by atoms with van der Waals surface area (Å²) in [6.45, 7) is 0.671. The van der Waals surface area contributed by atoms with Crippen LogP contribution in [0.5, 0.6) is 0 Å². The zero-order chi connectivity index (χ0) is 18.6. The lowest BCUT2D eigenvalue weighted by Gasteiger charge is -2.37. The lowest BCUT2D eigenvalue weighted by atomic mass is 9.88. The molecule has 0 saturated carbocycles. The average Bonchev–Trinajstić information content (AvgIpc) is 2.72. The van der Waals surface area contributed by atoms with E-state index in [-0.39, 0.29) is 11.9 Å². The van der Waals surface area contributed by atoms with Gasteiger partial charge in [-0.05, 0) is 40.8 Å². The normalized spacial score (nSPS) is 16.3. The van der Waals surface area contributed by atoms with Crippen molar-refractivity contribution in [3.8, 4) is 0 Å². The molecule has 134 valence electrons. The lowest BCUT2D eigenvalue weighted by Crippen LogP contribution is -2.39. The van der Waals surface area contributed by atoms with Crippen molar-refractivity contribution in [2.75, 3.05) is 6.54 Å². The zero-order valence-corrected chi connectivity index (χ0v) is 15.6. The summed E-state index contributed by atoms with van der Waals surface area (Å²) in [4.78, 5) is 15.0. The Bertz CT molecular complexity index is 980. The molecule has 0 radical (unpaired) electrons. The highest BCUT2D eigenvalue weighted by molar-refractivity contribution is 6.31. The molecule has 0 fully saturated rings. The SMILES string of the molecule is O=C(/C=C/c1ccccc1)N1CCc2ccccc2[C@@H]1c1ccccc1Cl. The molecule has 0 spiro atoms. The van der Waals surface area contributed by atoms with Crippen LogP contribution < -0.4 is 0 Å². The molecule has 4 rings (SSSR count). The molecular formula is C24H20ClNO. The number of fused-ring (bicyclic) bond motifs is 1. The number of hydrogen-bond acceptors (Lipinski definition) is 1. The highest BCUT2D eigenvalue weighted by Crippen LogP contribution is 2.38. The van der Waals surface area contributed by atoms with Gasteiger partial charge in [-0.1, -0.05) is 84.4 Å². The lowest BCUT2D eigenvalue weighted by molar-refractivity contribution is -0.127. The van der Waals surface area contributed by atoms with Crippen LogP contribution in [0.15, 0.2) is 84.9 Å². The van der Waals surface area contributed by atoms with Crippen molar-refractivity contribution >= 4 is 23.6 Å². The second-order valence-electron chi connectivity index (χ2n) is 6.65. The van der Waals surface area contributed by atoms with Gasteiger partial charge in [0.2, 0.25) is 5.91 Å². The minimum Gasteiger partial charge on any atom is -0.328 e. The summed E-state index contributed by atoms with van der Waals surface area (Å²) in [5.74, 6) is -0.00160. The molecule has 3 aromatic rings. The van der Waals surface area contributed by atoms with Gasteiger partial charge >= 0.3 is 0 Å². The molecule has 0 unspecified atom stereocenters. The van der Waals surface area contributed by atoms with E-state index in [9.17, 15) is 4.79 Å². The first kappa shape index (κ1) is 17.6. The van der Waals surface area contributed by atoms with Crippen molar-refractivity contribution in [3.05, 3.63) is 112 Å². The predicted molar refractivity (Wildman–Crippen MR) is 111 cm³/mol. The van der Waals surface area contributed by atoms with E-state index in [0.717, 1.165) is 23.1 Å². The van der Waals surface area contributed by atoms with Crippen LogP contribution in [-0.2, 0) is 11.2 Å². The van der Waals surface area contributed by atoms with Crippen molar-refractivity contribution in [1.82, 2.24) is 4.90 Å². The molecule has 1 amide bonds. The Kier molecular flexibility index (Phi) is 5.08. The number of nitrogens with zero attached hydrogens (tertiary/aromatic N) is 1. The van der Waals surface area contributed by atoms with Crippen LogP contribution in [0.25, 0.3) is 6.08 Å². The van der Waals surface area contributed by atoms with E-state index in [1.807, 2.05) is 71.6 Å². The van der Waals surface area contributed by atoms with Crippen molar-refractivity contribution < 1.29 is 4.79 Å². The van der Waals surface area contributed by atoms with Gasteiger partial charge in [-0.2, -0.15) is 0 Å². The topological polar surface area (TPSA) is 20.3 Å². The van der Waals surface area contributed by atoms with Crippen molar-refractivity contribution in [1.29, 1.82) is 0 Å². The third-order valence-corrected chi connectivity index (χ3v) is 5.33. The van der Waals surface area contributed by atoms with Gasteiger partial charge in [0.1, 0.15) is 0 Å². The van der Waals surface area contributed by atoms with Crippen LogP contribution in [0.1, 0.15) is 28.3 Å². The Labute approximate surface area is 164 Å². The summed E-state index contributed by atoms with van der Waals surface area (Å²) in [7, 11) is 0. The summed E-state index contributed by atoms with van der Waals surface area (Å²) in [5.41, 5.74) is 4.40. The fourth-order valence-electron chi connectivity index (χ4n) is 3.66. The van der Waals surface area contributed by atoms with E-state index in [1.165, 1.54) is 5.56 Å². The minimum absolute atomic E-state index is 0.00160. The zero-order valence-electron chi connectivity index (χ0n) is 14.9. The highest BCUT2D eigenvalue weighted by atomic mass is 35.5. The monoisotopic (exact) mass is 373 g/mol. The summed E-state index contributed by atoms with van der Waals surface area (Å²) < 4.78 is 0. The number of hydrogen-bond donors (Lipinski definition) is 0. The standard InChI is InChI=1S/C24H20ClNO/c25-22-13-7-6-12-21(22)24-20-11-5-4-10-19(20)16-17-26(24)23(27)15-14-18-8-2-1-3-9-18/h1-15,24H,16-17H2/b15-14+/t24-/m1/s1. The molecule has 0 aliphatic carbocycles. The molecular weight excluding hydrogens is 354 g/mol. The first-order chi connectivity index (χ1) is 13.2. The molecule has 1 aliphatic heterocycles. The Balaban J connectivity index is 1.72. The molecule has 3 aromatic carbocycles. The molecule has 1 atom stereocenters. The number of halogens is 1. The van der Waals surface area contributed by atoms with Gasteiger partial charge in [0.15, 0.2) is 0 Å². The third-order valence-electron chi connectivity index (χ3n) is 4.98. The average molecular weight is 374 g/mol. The second-order valence-corrected chi connectivity index (χ2v) is 7.06. The van der Waals surface area contributed by atoms with Crippen molar-refractivity contribution in [2.24, 2.45) is 0 Å². The van der Waals surface area contributed by atoms with Crippen molar-refractivity contribution in [3.63, 3.8) is 0 Å². The Hall–Kier alpha value is -2.84. The summed E-state index contributed by atoms with van der Waals surface area (Å²) in [6, 6.07) is 25.8. The minimum atomic E-state index is -0.170. The van der Waals surface area contributed by atoms with Gasteiger partial charge in [0, 0.05) is 17.6 Å². The Morgan fingerprint density at radius 3 is 2.33 bits per heavy atom. The van der Waals surface area contributed by atoms with Crippen LogP contribution >= 0.6 is 11.6 Å². The number of rotatable bonds is 3. The van der Waals surface area contributed by atoms with Crippen LogP contribution in [0.2, 0.25) is 5.02 Å². The van der Waals surface area contributed by atoms with E-state index in [1.54, 1.807) is 6.08 Å². The largest absolute Gasteiger partial charge is 0.328 e. The van der Waals surface area contributed by atoms with Gasteiger partial charge in [-0.25, -0.2) is 0 Å². The molecule has 1 heterocycles. The summed E-state index contributed by atoms with van der Waals surface area (Å²) in [5, 5.41) is 0.684. The van der Waals surface area contributed by atoms with Gasteiger partial charge in [-0.3, -0.25) is 4.79 Å². The van der Waals surface area contributed by atoms with Gasteiger partial charge in [0.25, 0.3) is 0 Å². The van der Waals surface area contributed by atoms with E-state index >= 15 is 0 Å². The van der Waals surface area contributed by atoms with Crippen molar-refractivity contribution in [2.45, 2.75) is 12.5 Å². The van der Waals surface area contributed by atoms with E-state index in [4.69, 9.17) is 11.6 Å². The second kappa shape index (κ2) is 7.81. The third kappa shape index (κ3) is 3.67. The van der Waals surface area contributed by atoms with Crippen LogP contribution in [-0.4, -0.2) is 17.4 Å². The van der Waals surface area contributed by atoms with Gasteiger partial charge in [-0.15, -0.1) is 0 Å². The molecule has 0 N–H and O–H groups in total. The first-order valence-electron chi connectivity index (χ1n) is 9.10. The Morgan fingerprint density at radius 1 is 0.889 bits per heavy atom. The van der Waals surface area contributed by atoms with E-state index < -0.39 is 0 Å². The predicted octanol–water partition coefficient (Wildman–Crippen LogP) is 5.53. The maximum Gasteiger partial charge on any atom is 0.247 e. The molecule has 27 heavy (non-hydrogen) atoms. The molecule has 0 bridgehead atoms. The quantitative estimate of drug-likeness (QED) is 0.553. The van der Waals surface area contributed by atoms with Crippen LogP contribution in [0, 0.1) is 0 Å². The smallest absolute Gasteiger partial charge is 0.247 e. The molecule has 2 nitrogen and oxygen atoms in total. The van der Waals surface area contributed by atoms with E-state index in [0.29, 0.717) is 11.6 Å². The number of carbonyl (C=O) groups is 1. The Morgan fingerprint density at radius 2 is 1.56 bits per heavy atom. The first-order valence-corrected chi connectivity index (χ1v) is 9.48. The molecule has 3 heteroatoms. The summed E-state index contributed by atoms with van der Waals surface area (Å²) in [6.07, 6.45) is 4.38. The van der Waals surface area contributed by atoms with E-state index in [2.05, 4.69) is 18.2 Å². The fraction of sp³-hybridized carbons (Fsp3) is 0.125. The van der Waals surface area contributed by atoms with Crippen LogP contribution in [0.4, 0.5) is 0 Å². The maximum atomic E-state index is 13.1. The molecule has 1 aliphatic rings. The molecule has 0 aromatic heterocycles. The van der Waals surface area contributed by atoms with Gasteiger partial charge in [0.05, 0.1) is 6.04 Å². The fourth-order valence-corrected chi connectivity index (χ4v) is 3.90. The number of amides is 1. The number of carbonyl (C=O) groups excluding carboxylic acids is 1.